The van der Waals surface area contributed by atoms with E-state index in [1.165, 1.54) is 24.3 Å². The number of allylic oxidation sites excluding steroid dienone is 7. The number of benzene rings is 1. The van der Waals surface area contributed by atoms with Crippen LogP contribution in [0.3, 0.4) is 0 Å². The van der Waals surface area contributed by atoms with Crippen LogP contribution in [0, 0.1) is 5.82 Å². The lowest BCUT2D eigenvalue weighted by Gasteiger charge is -2.24. The molecule has 0 aromatic heterocycles. The number of Topliss-reactive ketones (excluding diaryl/α,β-unsaturated/α-hetero) is 1. The van der Waals surface area contributed by atoms with Crippen molar-refractivity contribution in [2.45, 2.75) is 0 Å². The summed E-state index contributed by atoms with van der Waals surface area (Å²) in [6.07, 6.45) is 4.38. The average Bonchev–Trinajstić information content (AvgIpc) is 2.58. The molecule has 1 aromatic rings. The minimum Gasteiger partial charge on any atom is -0.506 e. The second-order valence-electron chi connectivity index (χ2n) is 6.54. The second-order valence-corrected chi connectivity index (χ2v) is 6.54. The molecule has 0 heterocycles. The number of aliphatic hydroxyl groups excluding tert-OH is 1. The van der Waals surface area contributed by atoms with Crippen LogP contribution >= 0.6 is 0 Å². The summed E-state index contributed by atoms with van der Waals surface area (Å²) in [5.41, 5.74) is 1.03. The molecule has 0 amide bonds. The van der Waals surface area contributed by atoms with Gasteiger partial charge in [0.2, 0.25) is 11.5 Å². The van der Waals surface area contributed by atoms with Gasteiger partial charge in [0, 0.05) is 43.1 Å². The standard InChI is InChI=1S/C20H18F2N2O2/c1-23(2)11-5-7-13(15(21)9-11)17-19(25)18(20(17)26)14-8-6-12(24(3)4)10-16(14)22/h5-10H,1-4H3/p+1. The zero-order valence-corrected chi connectivity index (χ0v) is 15.0. The molecule has 0 atom stereocenters. The molecule has 3 rings (SSSR count). The van der Waals surface area contributed by atoms with Crippen LogP contribution in [0.1, 0.15) is 5.56 Å². The monoisotopic (exact) mass is 357 g/mol. The molecule has 2 aliphatic rings. The highest BCUT2D eigenvalue weighted by atomic mass is 19.1. The molecule has 0 bridgehead atoms. The molecular weight excluding hydrogens is 338 g/mol. The van der Waals surface area contributed by atoms with E-state index in [1.807, 2.05) is 0 Å². The number of aliphatic hydroxyl groups is 1. The van der Waals surface area contributed by atoms with Gasteiger partial charge in [0.1, 0.15) is 31.5 Å². The van der Waals surface area contributed by atoms with Gasteiger partial charge in [-0.2, -0.15) is 0 Å². The van der Waals surface area contributed by atoms with Crippen LogP contribution in [-0.2, 0) is 4.79 Å². The van der Waals surface area contributed by atoms with Crippen LogP contribution in [0.5, 0.6) is 0 Å². The molecule has 0 fully saturated rings. The van der Waals surface area contributed by atoms with E-state index in [2.05, 4.69) is 0 Å². The lowest BCUT2D eigenvalue weighted by Crippen LogP contribution is -2.24. The van der Waals surface area contributed by atoms with Gasteiger partial charge in [-0.3, -0.25) is 4.79 Å². The van der Waals surface area contributed by atoms with E-state index in [0.717, 1.165) is 0 Å². The molecule has 134 valence electrons. The smallest absolute Gasteiger partial charge is 0.202 e. The lowest BCUT2D eigenvalue weighted by atomic mass is 9.79. The van der Waals surface area contributed by atoms with E-state index in [1.54, 1.807) is 49.8 Å². The largest absolute Gasteiger partial charge is 0.506 e. The molecule has 0 aliphatic heterocycles. The maximum Gasteiger partial charge on any atom is 0.202 e. The van der Waals surface area contributed by atoms with E-state index in [9.17, 15) is 18.7 Å². The zero-order chi connectivity index (χ0) is 19.2. The van der Waals surface area contributed by atoms with Crippen LogP contribution in [0.15, 0.2) is 59.2 Å². The maximum atomic E-state index is 14.4. The molecule has 0 saturated carbocycles. The number of nitrogens with zero attached hydrogens (tertiary/aromatic N) is 2. The molecule has 1 N–H and O–H groups in total. The van der Waals surface area contributed by atoms with Crippen molar-refractivity contribution in [1.82, 2.24) is 0 Å². The maximum absolute atomic E-state index is 14.4. The van der Waals surface area contributed by atoms with Crippen molar-refractivity contribution in [3.63, 3.8) is 0 Å². The van der Waals surface area contributed by atoms with E-state index in [0.29, 0.717) is 11.4 Å². The van der Waals surface area contributed by atoms with Gasteiger partial charge in [0.25, 0.3) is 0 Å². The number of hydrogen-bond acceptors (Lipinski definition) is 3. The Balaban J connectivity index is 2.06. The number of rotatable bonds is 2. The Labute approximate surface area is 150 Å². The zero-order valence-electron chi connectivity index (χ0n) is 15.0. The Morgan fingerprint density at radius 2 is 1.77 bits per heavy atom. The van der Waals surface area contributed by atoms with Crippen LogP contribution in [0.2, 0.25) is 0 Å². The SMILES string of the molecule is CN(C)c1ccc(C2=C(O)/C(=C3\C=CC(=[N+](C)C)C=C3F)C2=O)c(F)c1. The van der Waals surface area contributed by atoms with Crippen molar-refractivity contribution in [1.29, 1.82) is 0 Å². The average molecular weight is 357 g/mol. The van der Waals surface area contributed by atoms with Crippen molar-refractivity contribution >= 4 is 22.8 Å². The van der Waals surface area contributed by atoms with Crippen molar-refractivity contribution in [3.05, 3.63) is 70.5 Å². The third-order valence-corrected chi connectivity index (χ3v) is 4.40. The van der Waals surface area contributed by atoms with Gasteiger partial charge in [-0.15, -0.1) is 0 Å². The summed E-state index contributed by atoms with van der Waals surface area (Å²) in [6.45, 7) is 0. The van der Waals surface area contributed by atoms with Crippen LogP contribution in [-0.4, -0.2) is 49.4 Å². The quantitative estimate of drug-likeness (QED) is 0.653. The summed E-state index contributed by atoms with van der Waals surface area (Å²) in [5, 5.41) is 10.3. The summed E-state index contributed by atoms with van der Waals surface area (Å²) in [6, 6.07) is 4.38. The van der Waals surface area contributed by atoms with Gasteiger partial charge >= 0.3 is 0 Å². The first-order valence-corrected chi connectivity index (χ1v) is 8.02. The molecule has 0 unspecified atom stereocenters. The fraction of sp³-hybridized carbons (Fsp3) is 0.200. The molecule has 6 heteroatoms. The number of halogens is 2. The lowest BCUT2D eigenvalue weighted by molar-refractivity contribution is -0.462. The predicted molar refractivity (Wildman–Crippen MR) is 97.8 cm³/mol. The van der Waals surface area contributed by atoms with Gasteiger partial charge < -0.3 is 10.0 Å². The van der Waals surface area contributed by atoms with E-state index in [-0.39, 0.29) is 28.0 Å². The first kappa shape index (κ1) is 17.8. The molecule has 0 spiro atoms. The summed E-state index contributed by atoms with van der Waals surface area (Å²) in [7, 11) is 7.08. The Morgan fingerprint density at radius 3 is 2.27 bits per heavy atom. The van der Waals surface area contributed by atoms with Gasteiger partial charge in [-0.1, -0.05) is 0 Å². The number of carbonyl (C=O) groups excluding carboxylic acids is 1. The summed E-state index contributed by atoms with van der Waals surface area (Å²) in [4.78, 5) is 14.2. The van der Waals surface area contributed by atoms with E-state index >= 15 is 0 Å². The highest BCUT2D eigenvalue weighted by Gasteiger charge is 2.39. The predicted octanol–water partition coefficient (Wildman–Crippen LogP) is 3.18. The first-order chi connectivity index (χ1) is 12.2. The minimum atomic E-state index is -0.617. The summed E-state index contributed by atoms with van der Waals surface area (Å²) < 4.78 is 30.5. The number of anilines is 1. The molecule has 4 nitrogen and oxygen atoms in total. The van der Waals surface area contributed by atoms with Gasteiger partial charge in [0.15, 0.2) is 0 Å². The van der Waals surface area contributed by atoms with Crippen LogP contribution in [0.25, 0.3) is 5.57 Å². The van der Waals surface area contributed by atoms with Crippen molar-refractivity contribution in [2.75, 3.05) is 33.1 Å². The minimum absolute atomic E-state index is 0.00664. The molecule has 2 aliphatic carbocycles. The van der Waals surface area contributed by atoms with Crippen LogP contribution < -0.4 is 4.90 Å². The molecule has 26 heavy (non-hydrogen) atoms. The number of ketones is 1. The Kier molecular flexibility index (Phi) is 4.36. The summed E-state index contributed by atoms with van der Waals surface area (Å²) >= 11 is 0. The fourth-order valence-electron chi connectivity index (χ4n) is 2.87. The molecule has 0 radical (unpaired) electrons. The molecule has 1 aromatic carbocycles. The van der Waals surface area contributed by atoms with E-state index in [4.69, 9.17) is 0 Å². The highest BCUT2D eigenvalue weighted by Crippen LogP contribution is 2.41. The van der Waals surface area contributed by atoms with Gasteiger partial charge in [-0.25, -0.2) is 13.4 Å². The van der Waals surface area contributed by atoms with Gasteiger partial charge in [0.05, 0.1) is 11.1 Å². The second kappa shape index (κ2) is 6.37. The third-order valence-electron chi connectivity index (χ3n) is 4.40. The van der Waals surface area contributed by atoms with E-state index < -0.39 is 17.4 Å². The Hall–Kier alpha value is -3.02. The highest BCUT2D eigenvalue weighted by molar-refractivity contribution is 6.39. The first-order valence-electron chi connectivity index (χ1n) is 8.02. The molecule has 0 saturated heterocycles. The number of carbonyl (C=O) groups is 1. The normalized spacial score (nSPS) is 19.5. The number of hydrogen-bond donors (Lipinski definition) is 1. The van der Waals surface area contributed by atoms with Crippen molar-refractivity contribution in [2.24, 2.45) is 0 Å². The van der Waals surface area contributed by atoms with Crippen LogP contribution in [0.4, 0.5) is 14.5 Å². The fourth-order valence-corrected chi connectivity index (χ4v) is 2.87. The van der Waals surface area contributed by atoms with Crippen molar-refractivity contribution in [3.8, 4) is 0 Å². The summed E-state index contributed by atoms with van der Waals surface area (Å²) in [5.74, 6) is -2.19. The third kappa shape index (κ3) is 2.77. The Bertz CT molecular complexity index is 976. The molecular formula is C20H19F2N2O2+. The van der Waals surface area contributed by atoms with Crippen molar-refractivity contribution < 1.29 is 23.3 Å². The Morgan fingerprint density at radius 1 is 1.08 bits per heavy atom. The van der Waals surface area contributed by atoms with Gasteiger partial charge in [-0.05, 0) is 24.3 Å². The topological polar surface area (TPSA) is 43.5 Å².